The molecule has 2 aliphatic heterocycles. The molecule has 1 aromatic rings. The van der Waals surface area contributed by atoms with Crippen LogP contribution in [0.3, 0.4) is 0 Å². The molecule has 0 amide bonds. The van der Waals surface area contributed by atoms with Gasteiger partial charge in [0.25, 0.3) is 0 Å². The highest BCUT2D eigenvalue weighted by Gasteiger charge is 2.30. The molecule has 1 N–H and O–H groups in total. The average Bonchev–Trinajstić information content (AvgIpc) is 2.64. The highest BCUT2D eigenvalue weighted by molar-refractivity contribution is 5.33. The second-order valence-corrected chi connectivity index (χ2v) is 7.69. The normalized spacial score (nSPS) is 25.8. The number of hydrogen-bond donors (Lipinski definition) is 1. The summed E-state index contributed by atoms with van der Waals surface area (Å²) in [6, 6.07) is 8.36. The lowest BCUT2D eigenvalue weighted by Gasteiger charge is -2.39. The lowest BCUT2D eigenvalue weighted by Crippen LogP contribution is -2.43. The molecule has 2 heterocycles. The van der Waals surface area contributed by atoms with Crippen LogP contribution in [-0.2, 0) is 11.3 Å². The summed E-state index contributed by atoms with van der Waals surface area (Å²) < 4.78 is 11.5. The van der Waals surface area contributed by atoms with Gasteiger partial charge in [-0.1, -0.05) is 25.1 Å². The standard InChI is InChI=1S/C20H32N2O3/c1-20(17-23)7-4-8-22(16-20)15-18-5-2-3-6-19(18)25-14-11-21-9-12-24-13-10-21/h2-3,5-6,23H,4,7-17H2,1H3/t20-/m1/s1. The summed E-state index contributed by atoms with van der Waals surface area (Å²) in [6.07, 6.45) is 2.26. The molecule has 140 valence electrons. The third-order valence-electron chi connectivity index (χ3n) is 5.38. The third-order valence-corrected chi connectivity index (χ3v) is 5.38. The summed E-state index contributed by atoms with van der Waals surface area (Å²) in [6.45, 7) is 10.7. The van der Waals surface area contributed by atoms with Crippen molar-refractivity contribution in [2.45, 2.75) is 26.3 Å². The molecule has 1 atom stereocenters. The van der Waals surface area contributed by atoms with Gasteiger partial charge in [-0.25, -0.2) is 0 Å². The largest absolute Gasteiger partial charge is 0.492 e. The van der Waals surface area contributed by atoms with Gasteiger partial charge in [0.1, 0.15) is 12.4 Å². The van der Waals surface area contributed by atoms with Gasteiger partial charge in [-0.15, -0.1) is 0 Å². The Balaban J connectivity index is 1.53. The molecule has 0 aliphatic carbocycles. The molecule has 3 rings (SSSR count). The first-order chi connectivity index (χ1) is 12.2. The van der Waals surface area contributed by atoms with Crippen LogP contribution in [0.15, 0.2) is 24.3 Å². The van der Waals surface area contributed by atoms with E-state index in [1.165, 1.54) is 5.56 Å². The van der Waals surface area contributed by atoms with Crippen LogP contribution in [0.1, 0.15) is 25.3 Å². The minimum atomic E-state index is 0.0321. The summed E-state index contributed by atoms with van der Waals surface area (Å²) in [7, 11) is 0. The van der Waals surface area contributed by atoms with E-state index >= 15 is 0 Å². The van der Waals surface area contributed by atoms with E-state index in [2.05, 4.69) is 34.9 Å². The van der Waals surface area contributed by atoms with Gasteiger partial charge in [-0.2, -0.15) is 0 Å². The SMILES string of the molecule is C[C@@]1(CO)CCCN(Cc2ccccc2OCCN2CCOCC2)C1. The van der Waals surface area contributed by atoms with Crippen LogP contribution in [0.5, 0.6) is 5.75 Å². The van der Waals surface area contributed by atoms with E-state index in [4.69, 9.17) is 9.47 Å². The molecule has 0 spiro atoms. The van der Waals surface area contributed by atoms with Crippen LogP contribution < -0.4 is 4.74 Å². The first kappa shape index (κ1) is 18.6. The lowest BCUT2D eigenvalue weighted by molar-refractivity contribution is 0.0318. The van der Waals surface area contributed by atoms with Crippen molar-refractivity contribution in [2.24, 2.45) is 5.41 Å². The van der Waals surface area contributed by atoms with Crippen molar-refractivity contribution in [3.63, 3.8) is 0 Å². The van der Waals surface area contributed by atoms with Gasteiger partial charge in [0.2, 0.25) is 0 Å². The van der Waals surface area contributed by atoms with Crippen LogP contribution in [0.25, 0.3) is 0 Å². The Bertz CT molecular complexity index is 533. The fourth-order valence-corrected chi connectivity index (χ4v) is 3.82. The van der Waals surface area contributed by atoms with Gasteiger partial charge >= 0.3 is 0 Å². The number of nitrogens with zero attached hydrogens (tertiary/aromatic N) is 2. The Hall–Kier alpha value is -1.14. The van der Waals surface area contributed by atoms with Crippen molar-refractivity contribution in [3.8, 4) is 5.75 Å². The number of morpholine rings is 1. The third kappa shape index (κ3) is 5.42. The molecule has 5 nitrogen and oxygen atoms in total. The van der Waals surface area contributed by atoms with Crippen molar-refractivity contribution >= 4 is 0 Å². The number of aliphatic hydroxyl groups excluding tert-OH is 1. The quantitative estimate of drug-likeness (QED) is 0.816. The van der Waals surface area contributed by atoms with Crippen LogP contribution in [0.2, 0.25) is 0 Å². The van der Waals surface area contributed by atoms with E-state index in [9.17, 15) is 5.11 Å². The Morgan fingerprint density at radius 3 is 2.76 bits per heavy atom. The summed E-state index contributed by atoms with van der Waals surface area (Å²) in [4.78, 5) is 4.84. The Morgan fingerprint density at radius 1 is 1.16 bits per heavy atom. The number of ether oxygens (including phenoxy) is 2. The van der Waals surface area contributed by atoms with Gasteiger partial charge < -0.3 is 14.6 Å². The van der Waals surface area contributed by atoms with E-state index in [0.717, 1.165) is 71.1 Å². The summed E-state index contributed by atoms with van der Waals surface area (Å²) in [5, 5.41) is 9.66. The molecule has 1 aromatic carbocycles. The zero-order chi connectivity index (χ0) is 17.5. The first-order valence-electron chi connectivity index (χ1n) is 9.53. The maximum atomic E-state index is 9.66. The number of benzene rings is 1. The predicted octanol–water partition coefficient (Wildman–Crippen LogP) is 1.99. The zero-order valence-electron chi connectivity index (χ0n) is 15.5. The van der Waals surface area contributed by atoms with E-state index in [1.54, 1.807) is 0 Å². The molecule has 2 saturated heterocycles. The molecule has 5 heteroatoms. The number of hydrogen-bond acceptors (Lipinski definition) is 5. The maximum absolute atomic E-state index is 9.66. The highest BCUT2D eigenvalue weighted by atomic mass is 16.5. The number of likely N-dealkylation sites (tertiary alicyclic amines) is 1. The minimum Gasteiger partial charge on any atom is -0.492 e. The van der Waals surface area contributed by atoms with E-state index < -0.39 is 0 Å². The smallest absolute Gasteiger partial charge is 0.123 e. The Kier molecular flexibility index (Phi) is 6.70. The second kappa shape index (κ2) is 8.99. The molecule has 2 aliphatic rings. The van der Waals surface area contributed by atoms with Gasteiger partial charge in [-0.05, 0) is 25.5 Å². The zero-order valence-corrected chi connectivity index (χ0v) is 15.5. The second-order valence-electron chi connectivity index (χ2n) is 7.69. The van der Waals surface area contributed by atoms with E-state index in [0.29, 0.717) is 6.61 Å². The maximum Gasteiger partial charge on any atom is 0.123 e. The Labute approximate surface area is 151 Å². The van der Waals surface area contributed by atoms with Crippen LogP contribution in [-0.4, -0.2) is 74.1 Å². The van der Waals surface area contributed by atoms with Crippen molar-refractivity contribution in [2.75, 3.05) is 59.2 Å². The molecule has 0 aromatic heterocycles. The van der Waals surface area contributed by atoms with Crippen molar-refractivity contribution in [1.82, 2.24) is 9.80 Å². The van der Waals surface area contributed by atoms with Gasteiger partial charge in [0.05, 0.1) is 13.2 Å². The monoisotopic (exact) mass is 348 g/mol. The Morgan fingerprint density at radius 2 is 1.96 bits per heavy atom. The summed E-state index contributed by atoms with van der Waals surface area (Å²) >= 11 is 0. The van der Waals surface area contributed by atoms with Crippen LogP contribution in [0, 0.1) is 5.41 Å². The highest BCUT2D eigenvalue weighted by Crippen LogP contribution is 2.30. The molecule has 0 radical (unpaired) electrons. The molecule has 0 unspecified atom stereocenters. The van der Waals surface area contributed by atoms with Crippen molar-refractivity contribution < 1.29 is 14.6 Å². The fourth-order valence-electron chi connectivity index (χ4n) is 3.82. The molecule has 2 fully saturated rings. The topological polar surface area (TPSA) is 45.2 Å². The summed E-state index contributed by atoms with van der Waals surface area (Å²) in [5.41, 5.74) is 1.27. The first-order valence-corrected chi connectivity index (χ1v) is 9.53. The minimum absolute atomic E-state index is 0.0321. The van der Waals surface area contributed by atoms with Gasteiger partial charge in [-0.3, -0.25) is 9.80 Å². The average molecular weight is 348 g/mol. The van der Waals surface area contributed by atoms with Crippen molar-refractivity contribution in [1.29, 1.82) is 0 Å². The van der Waals surface area contributed by atoms with E-state index in [1.807, 2.05) is 6.07 Å². The number of para-hydroxylation sites is 1. The molecule has 25 heavy (non-hydrogen) atoms. The van der Waals surface area contributed by atoms with Crippen LogP contribution in [0.4, 0.5) is 0 Å². The molecular weight excluding hydrogens is 316 g/mol. The number of aliphatic hydroxyl groups is 1. The van der Waals surface area contributed by atoms with E-state index in [-0.39, 0.29) is 12.0 Å². The van der Waals surface area contributed by atoms with Gasteiger partial charge in [0, 0.05) is 50.3 Å². The molecule has 0 bridgehead atoms. The van der Waals surface area contributed by atoms with Gasteiger partial charge in [0.15, 0.2) is 0 Å². The molecular formula is C20H32N2O3. The fraction of sp³-hybridized carbons (Fsp3) is 0.700. The number of piperidine rings is 1. The molecule has 0 saturated carbocycles. The lowest BCUT2D eigenvalue weighted by atomic mass is 9.82. The predicted molar refractivity (Wildman–Crippen MR) is 98.9 cm³/mol. The summed E-state index contributed by atoms with van der Waals surface area (Å²) in [5.74, 6) is 0.993. The number of rotatable bonds is 7. The van der Waals surface area contributed by atoms with Crippen LogP contribution >= 0.6 is 0 Å². The van der Waals surface area contributed by atoms with Crippen molar-refractivity contribution in [3.05, 3.63) is 29.8 Å².